The molecular formula is C19H20N4O2. The first-order valence-corrected chi connectivity index (χ1v) is 8.58. The van der Waals surface area contributed by atoms with Gasteiger partial charge in [-0.05, 0) is 42.5 Å². The van der Waals surface area contributed by atoms with E-state index in [1.54, 1.807) is 24.9 Å². The Kier molecular flexibility index (Phi) is 4.33. The van der Waals surface area contributed by atoms with Crippen LogP contribution in [0.5, 0.6) is 0 Å². The summed E-state index contributed by atoms with van der Waals surface area (Å²) in [7, 11) is 0. The molecule has 3 aromatic rings. The Morgan fingerprint density at radius 1 is 1.16 bits per heavy atom. The number of carbonyl (C=O) groups excluding carboxylic acids is 1. The highest BCUT2D eigenvalue weighted by Gasteiger charge is 2.16. The van der Waals surface area contributed by atoms with Crippen LogP contribution in [0.15, 0.2) is 41.4 Å². The molecule has 0 radical (unpaired) electrons. The van der Waals surface area contributed by atoms with E-state index < -0.39 is 0 Å². The maximum atomic E-state index is 12.2. The van der Waals surface area contributed by atoms with Crippen molar-refractivity contribution in [3.8, 4) is 0 Å². The molecule has 25 heavy (non-hydrogen) atoms. The number of rotatable bonds is 6. The summed E-state index contributed by atoms with van der Waals surface area (Å²) in [6.07, 6.45) is 10.4. The zero-order valence-corrected chi connectivity index (χ0v) is 13.9. The van der Waals surface area contributed by atoms with Crippen LogP contribution in [0.2, 0.25) is 0 Å². The molecule has 0 unspecified atom stereocenters. The van der Waals surface area contributed by atoms with Crippen molar-refractivity contribution in [2.45, 2.75) is 25.7 Å². The zero-order valence-electron chi connectivity index (χ0n) is 13.9. The number of nitrogens with zero attached hydrogens (tertiary/aromatic N) is 2. The van der Waals surface area contributed by atoms with Crippen molar-refractivity contribution in [3.05, 3.63) is 53.7 Å². The van der Waals surface area contributed by atoms with Crippen LogP contribution >= 0.6 is 0 Å². The molecule has 2 N–H and O–H groups in total. The summed E-state index contributed by atoms with van der Waals surface area (Å²) in [5, 5.41) is 7.09. The van der Waals surface area contributed by atoms with E-state index in [-0.39, 0.29) is 5.91 Å². The van der Waals surface area contributed by atoms with Crippen LogP contribution in [0.1, 0.15) is 23.1 Å². The number of hydrogen-bond donors (Lipinski definition) is 2. The molecule has 0 bridgehead atoms. The van der Waals surface area contributed by atoms with Crippen LogP contribution in [-0.2, 0) is 24.1 Å². The minimum absolute atomic E-state index is 0.0101. The Bertz CT molecular complexity index is 889. The monoisotopic (exact) mass is 336 g/mol. The average Bonchev–Trinajstić information content (AvgIpc) is 3.24. The lowest BCUT2D eigenvalue weighted by Gasteiger charge is -2.07. The molecule has 2 aromatic heterocycles. The van der Waals surface area contributed by atoms with Gasteiger partial charge in [0.15, 0.2) is 0 Å². The van der Waals surface area contributed by atoms with Gasteiger partial charge < -0.3 is 15.1 Å². The van der Waals surface area contributed by atoms with E-state index in [4.69, 9.17) is 4.42 Å². The first-order valence-electron chi connectivity index (χ1n) is 8.58. The van der Waals surface area contributed by atoms with E-state index in [1.165, 1.54) is 17.5 Å². The minimum atomic E-state index is -0.0101. The van der Waals surface area contributed by atoms with Gasteiger partial charge in [-0.25, -0.2) is 4.98 Å². The van der Waals surface area contributed by atoms with Crippen molar-refractivity contribution in [1.82, 2.24) is 15.3 Å². The summed E-state index contributed by atoms with van der Waals surface area (Å²) in [6.45, 7) is 1.13. The second kappa shape index (κ2) is 6.93. The van der Waals surface area contributed by atoms with Gasteiger partial charge in [-0.1, -0.05) is 0 Å². The van der Waals surface area contributed by atoms with Crippen molar-refractivity contribution in [1.29, 1.82) is 0 Å². The summed E-state index contributed by atoms with van der Waals surface area (Å²) < 4.78 is 5.65. The van der Waals surface area contributed by atoms with Crippen molar-refractivity contribution in [2.75, 3.05) is 18.4 Å². The molecule has 0 aliphatic heterocycles. The quantitative estimate of drug-likeness (QED) is 0.676. The molecule has 2 heterocycles. The molecule has 0 saturated heterocycles. The Morgan fingerprint density at radius 2 is 2.04 bits per heavy atom. The van der Waals surface area contributed by atoms with Crippen LogP contribution in [-0.4, -0.2) is 29.0 Å². The molecule has 1 aliphatic carbocycles. The number of nitrogens with one attached hydrogen (secondary N) is 2. The van der Waals surface area contributed by atoms with Crippen molar-refractivity contribution in [3.63, 3.8) is 0 Å². The Hall–Kier alpha value is -2.89. The topological polar surface area (TPSA) is 80.0 Å². The summed E-state index contributed by atoms with van der Waals surface area (Å²) in [6, 6.07) is 4.32. The van der Waals surface area contributed by atoms with Crippen molar-refractivity contribution in [2.24, 2.45) is 0 Å². The van der Waals surface area contributed by atoms with Gasteiger partial charge in [0.1, 0.15) is 11.4 Å². The summed E-state index contributed by atoms with van der Waals surface area (Å²) in [5.74, 6) is 0.690. The minimum Gasteiger partial charge on any atom is -0.464 e. The predicted octanol–water partition coefficient (Wildman–Crippen LogP) is 2.48. The average molecular weight is 336 g/mol. The summed E-state index contributed by atoms with van der Waals surface area (Å²) >= 11 is 0. The van der Waals surface area contributed by atoms with Crippen LogP contribution in [0.25, 0.3) is 11.0 Å². The molecule has 6 heteroatoms. The van der Waals surface area contributed by atoms with Crippen molar-refractivity contribution < 1.29 is 9.21 Å². The lowest BCUT2D eigenvalue weighted by Crippen LogP contribution is -2.30. The zero-order chi connectivity index (χ0) is 17.1. The van der Waals surface area contributed by atoms with Crippen LogP contribution in [0, 0.1) is 0 Å². The van der Waals surface area contributed by atoms with Gasteiger partial charge in [0.25, 0.3) is 0 Å². The first kappa shape index (κ1) is 15.6. The summed E-state index contributed by atoms with van der Waals surface area (Å²) in [4.78, 5) is 20.3. The molecule has 0 fully saturated rings. The van der Waals surface area contributed by atoms with E-state index in [0.29, 0.717) is 25.3 Å². The second-order valence-corrected chi connectivity index (χ2v) is 6.28. The Balaban J connectivity index is 1.32. The number of benzene rings is 1. The Labute approximate surface area is 145 Å². The van der Waals surface area contributed by atoms with Gasteiger partial charge in [-0.15, -0.1) is 0 Å². The first-order chi connectivity index (χ1) is 12.3. The highest BCUT2D eigenvalue weighted by atomic mass is 16.3. The largest absolute Gasteiger partial charge is 0.464 e. The number of carbonyl (C=O) groups is 1. The van der Waals surface area contributed by atoms with E-state index in [2.05, 4.69) is 32.7 Å². The molecule has 0 spiro atoms. The maximum Gasteiger partial charge on any atom is 0.224 e. The van der Waals surface area contributed by atoms with Gasteiger partial charge in [0.05, 0.1) is 18.9 Å². The highest BCUT2D eigenvalue weighted by molar-refractivity contribution is 5.88. The van der Waals surface area contributed by atoms with Crippen LogP contribution in [0.4, 0.5) is 5.82 Å². The van der Waals surface area contributed by atoms with Crippen molar-refractivity contribution >= 4 is 22.7 Å². The van der Waals surface area contributed by atoms with Gasteiger partial charge in [-0.3, -0.25) is 9.78 Å². The molecule has 6 nitrogen and oxygen atoms in total. The third-order valence-corrected chi connectivity index (χ3v) is 4.54. The van der Waals surface area contributed by atoms with E-state index in [1.807, 2.05) is 0 Å². The molecule has 4 rings (SSSR count). The van der Waals surface area contributed by atoms with E-state index in [0.717, 1.165) is 29.4 Å². The normalized spacial score (nSPS) is 13.0. The van der Waals surface area contributed by atoms with Gasteiger partial charge >= 0.3 is 0 Å². The fourth-order valence-electron chi connectivity index (χ4n) is 3.30. The highest BCUT2D eigenvalue weighted by Crippen LogP contribution is 2.30. The lowest BCUT2D eigenvalue weighted by atomic mass is 10.0. The number of fused-ring (bicyclic) bond motifs is 2. The number of aromatic nitrogens is 2. The molecule has 1 aromatic carbocycles. The number of furan rings is 1. The molecule has 1 amide bonds. The maximum absolute atomic E-state index is 12.2. The number of aryl methyl sites for hydroxylation is 2. The SMILES string of the molecule is O=C(Cc1coc2cc3c(cc12)CCC3)NCCNc1cnccn1. The molecule has 1 aliphatic rings. The van der Waals surface area contributed by atoms with Crippen LogP contribution < -0.4 is 10.6 Å². The van der Waals surface area contributed by atoms with Gasteiger partial charge in [0.2, 0.25) is 5.91 Å². The number of hydrogen-bond acceptors (Lipinski definition) is 5. The second-order valence-electron chi connectivity index (χ2n) is 6.28. The molecule has 128 valence electrons. The predicted molar refractivity (Wildman–Crippen MR) is 95.5 cm³/mol. The fraction of sp³-hybridized carbons (Fsp3) is 0.316. The third kappa shape index (κ3) is 3.47. The fourth-order valence-corrected chi connectivity index (χ4v) is 3.30. The van der Waals surface area contributed by atoms with E-state index >= 15 is 0 Å². The number of anilines is 1. The molecule has 0 atom stereocenters. The van der Waals surface area contributed by atoms with Gasteiger partial charge in [0, 0.05) is 36.4 Å². The third-order valence-electron chi connectivity index (χ3n) is 4.54. The standard InChI is InChI=1S/C19H20N4O2/c24-19(23-7-6-22-18-11-20-4-5-21-18)10-15-12-25-17-9-14-3-1-2-13(14)8-16(15)17/h4-5,8-9,11-12H,1-3,6-7,10H2,(H,21,22)(H,23,24). The molecule has 0 saturated carbocycles. The lowest BCUT2D eigenvalue weighted by molar-refractivity contribution is -0.120. The van der Waals surface area contributed by atoms with Gasteiger partial charge in [-0.2, -0.15) is 0 Å². The van der Waals surface area contributed by atoms with E-state index in [9.17, 15) is 4.79 Å². The number of amides is 1. The summed E-state index contributed by atoms with van der Waals surface area (Å²) in [5.41, 5.74) is 4.61. The van der Waals surface area contributed by atoms with Crippen LogP contribution in [0.3, 0.4) is 0 Å². The Morgan fingerprint density at radius 3 is 2.88 bits per heavy atom. The molecular weight excluding hydrogens is 316 g/mol. The smallest absolute Gasteiger partial charge is 0.224 e.